The molecule has 0 bridgehead atoms. The van der Waals surface area contributed by atoms with Crippen LogP contribution >= 0.6 is 0 Å². The van der Waals surface area contributed by atoms with Crippen LogP contribution in [0.4, 0.5) is 10.1 Å². The van der Waals surface area contributed by atoms with Gasteiger partial charge in [-0.25, -0.2) is 4.39 Å². The second-order valence-corrected chi connectivity index (χ2v) is 4.62. The molecule has 1 saturated heterocycles. The lowest BCUT2D eigenvalue weighted by Gasteiger charge is -2.22. The molecule has 0 radical (unpaired) electrons. The topological polar surface area (TPSA) is 58.4 Å². The minimum atomic E-state index is -0.320. The van der Waals surface area contributed by atoms with Crippen LogP contribution in [-0.2, 0) is 4.79 Å². The third-order valence-electron chi connectivity index (χ3n) is 3.10. The summed E-state index contributed by atoms with van der Waals surface area (Å²) < 4.78 is 14.0. The second-order valence-electron chi connectivity index (χ2n) is 4.62. The van der Waals surface area contributed by atoms with E-state index >= 15 is 0 Å². The highest BCUT2D eigenvalue weighted by Crippen LogP contribution is 2.23. The number of amides is 1. The Morgan fingerprint density at radius 2 is 2.28 bits per heavy atom. The van der Waals surface area contributed by atoms with Gasteiger partial charge in [0.2, 0.25) is 5.91 Å². The summed E-state index contributed by atoms with van der Waals surface area (Å²) in [6.45, 7) is 3.34. The summed E-state index contributed by atoms with van der Waals surface area (Å²) in [5, 5.41) is 2.77. The third-order valence-corrected chi connectivity index (χ3v) is 3.10. The van der Waals surface area contributed by atoms with Crippen molar-refractivity contribution in [3.8, 4) is 0 Å². The number of nitrogens with zero attached hydrogens (tertiary/aromatic N) is 1. The first-order chi connectivity index (χ1) is 8.58. The average molecular weight is 251 g/mol. The van der Waals surface area contributed by atoms with Crippen LogP contribution in [0.2, 0.25) is 0 Å². The van der Waals surface area contributed by atoms with Gasteiger partial charge in [0, 0.05) is 19.1 Å². The van der Waals surface area contributed by atoms with E-state index in [9.17, 15) is 9.18 Å². The molecule has 0 unspecified atom stereocenters. The summed E-state index contributed by atoms with van der Waals surface area (Å²) in [6.07, 6.45) is 0.820. The van der Waals surface area contributed by atoms with Gasteiger partial charge in [-0.2, -0.15) is 0 Å². The van der Waals surface area contributed by atoms with Crippen molar-refractivity contribution in [2.75, 3.05) is 24.5 Å². The minimum absolute atomic E-state index is 0.0665. The fraction of sp³-hybridized carbons (Fsp3) is 0.462. The van der Waals surface area contributed by atoms with Crippen molar-refractivity contribution < 1.29 is 9.18 Å². The van der Waals surface area contributed by atoms with Crippen molar-refractivity contribution in [2.45, 2.75) is 19.4 Å². The van der Waals surface area contributed by atoms with E-state index in [0.717, 1.165) is 12.0 Å². The van der Waals surface area contributed by atoms with Crippen LogP contribution in [0.5, 0.6) is 0 Å². The summed E-state index contributed by atoms with van der Waals surface area (Å²) in [5.41, 5.74) is 6.94. The maximum atomic E-state index is 14.0. The molecule has 0 saturated carbocycles. The van der Waals surface area contributed by atoms with Crippen LogP contribution in [0, 0.1) is 5.82 Å². The number of carbonyl (C=O) groups is 1. The number of anilines is 1. The highest BCUT2D eigenvalue weighted by atomic mass is 19.1. The molecule has 1 heterocycles. The first kappa shape index (κ1) is 12.8. The van der Waals surface area contributed by atoms with Gasteiger partial charge in [-0.15, -0.1) is 0 Å². The molecule has 2 rings (SSSR count). The number of nitrogens with two attached hydrogens (primary N) is 1. The summed E-state index contributed by atoms with van der Waals surface area (Å²) >= 11 is 0. The largest absolute Gasteiger partial charge is 0.360 e. The molecular formula is C13H18FN3O. The molecule has 98 valence electrons. The molecule has 0 aliphatic carbocycles. The fourth-order valence-corrected chi connectivity index (χ4v) is 2.07. The van der Waals surface area contributed by atoms with E-state index in [1.165, 1.54) is 6.07 Å². The Bertz CT molecular complexity index is 448. The first-order valence-electron chi connectivity index (χ1n) is 6.14. The SMILES string of the molecule is C[C@H](N)c1ccc(N2CCCNC(=O)C2)c(F)c1. The Balaban J connectivity index is 2.24. The van der Waals surface area contributed by atoms with E-state index in [2.05, 4.69) is 5.32 Å². The Labute approximate surface area is 106 Å². The van der Waals surface area contributed by atoms with Crippen molar-refractivity contribution in [3.05, 3.63) is 29.6 Å². The molecule has 1 aromatic rings. The van der Waals surface area contributed by atoms with Crippen LogP contribution in [-0.4, -0.2) is 25.5 Å². The van der Waals surface area contributed by atoms with Crippen molar-refractivity contribution in [3.63, 3.8) is 0 Å². The standard InChI is InChI=1S/C13H18FN3O/c1-9(15)10-3-4-12(11(14)7-10)17-6-2-5-16-13(18)8-17/h3-4,7,9H,2,5-6,8,15H2,1H3,(H,16,18)/t9-/m0/s1. The summed E-state index contributed by atoms with van der Waals surface area (Å²) in [7, 11) is 0. The van der Waals surface area contributed by atoms with E-state index in [4.69, 9.17) is 5.73 Å². The van der Waals surface area contributed by atoms with Crippen LogP contribution in [0.1, 0.15) is 24.9 Å². The molecule has 1 amide bonds. The van der Waals surface area contributed by atoms with Crippen molar-refractivity contribution in [2.24, 2.45) is 5.73 Å². The number of hydrogen-bond acceptors (Lipinski definition) is 3. The van der Waals surface area contributed by atoms with Crippen LogP contribution in [0.25, 0.3) is 0 Å². The lowest BCUT2D eigenvalue weighted by molar-refractivity contribution is -0.119. The number of hydrogen-bond donors (Lipinski definition) is 2. The van der Waals surface area contributed by atoms with Crippen LogP contribution in [0.15, 0.2) is 18.2 Å². The molecule has 0 spiro atoms. The quantitative estimate of drug-likeness (QED) is 0.829. The predicted molar refractivity (Wildman–Crippen MR) is 68.8 cm³/mol. The monoisotopic (exact) mass is 251 g/mol. The molecule has 4 nitrogen and oxygen atoms in total. The van der Waals surface area contributed by atoms with Gasteiger partial charge < -0.3 is 16.0 Å². The van der Waals surface area contributed by atoms with Gasteiger partial charge in [-0.3, -0.25) is 4.79 Å². The summed E-state index contributed by atoms with van der Waals surface area (Å²) in [6, 6.07) is 4.77. The van der Waals surface area contributed by atoms with Crippen LogP contribution < -0.4 is 16.0 Å². The van der Waals surface area contributed by atoms with E-state index in [-0.39, 0.29) is 24.3 Å². The number of rotatable bonds is 2. The Hall–Kier alpha value is -1.62. The summed E-state index contributed by atoms with van der Waals surface area (Å²) in [5.74, 6) is -0.386. The molecule has 1 fully saturated rings. The van der Waals surface area contributed by atoms with Gasteiger partial charge in [-0.05, 0) is 31.0 Å². The van der Waals surface area contributed by atoms with Gasteiger partial charge in [0.15, 0.2) is 0 Å². The van der Waals surface area contributed by atoms with Gasteiger partial charge in [0.05, 0.1) is 12.2 Å². The van der Waals surface area contributed by atoms with Crippen molar-refractivity contribution in [1.29, 1.82) is 0 Å². The molecule has 0 aromatic heterocycles. The van der Waals surface area contributed by atoms with E-state index < -0.39 is 0 Å². The van der Waals surface area contributed by atoms with Crippen LogP contribution in [0.3, 0.4) is 0 Å². The molecule has 1 aliphatic heterocycles. The number of benzene rings is 1. The normalized spacial score (nSPS) is 18.2. The molecule has 3 N–H and O–H groups in total. The maximum Gasteiger partial charge on any atom is 0.239 e. The van der Waals surface area contributed by atoms with Gasteiger partial charge in [0.25, 0.3) is 0 Å². The number of nitrogens with one attached hydrogen (secondary N) is 1. The highest BCUT2D eigenvalue weighted by Gasteiger charge is 2.18. The molecule has 1 atom stereocenters. The minimum Gasteiger partial charge on any atom is -0.360 e. The molecule has 5 heteroatoms. The lowest BCUT2D eigenvalue weighted by Crippen LogP contribution is -2.33. The smallest absolute Gasteiger partial charge is 0.239 e. The van der Waals surface area contributed by atoms with Crippen molar-refractivity contribution in [1.82, 2.24) is 5.32 Å². The molecule has 1 aliphatic rings. The average Bonchev–Trinajstić information content (AvgIpc) is 2.53. The zero-order valence-electron chi connectivity index (χ0n) is 10.4. The fourth-order valence-electron chi connectivity index (χ4n) is 2.07. The molecular weight excluding hydrogens is 233 g/mol. The van der Waals surface area contributed by atoms with Gasteiger partial charge in [0.1, 0.15) is 5.82 Å². The predicted octanol–water partition coefficient (Wildman–Crippen LogP) is 1.17. The van der Waals surface area contributed by atoms with Crippen molar-refractivity contribution >= 4 is 11.6 Å². The zero-order valence-corrected chi connectivity index (χ0v) is 10.4. The highest BCUT2D eigenvalue weighted by molar-refractivity contribution is 5.81. The lowest BCUT2D eigenvalue weighted by atomic mass is 10.1. The van der Waals surface area contributed by atoms with E-state index in [1.807, 2.05) is 13.0 Å². The Morgan fingerprint density at radius 1 is 1.50 bits per heavy atom. The maximum absolute atomic E-state index is 14.0. The van der Waals surface area contributed by atoms with Gasteiger partial charge in [-0.1, -0.05) is 6.07 Å². The molecule has 18 heavy (non-hydrogen) atoms. The van der Waals surface area contributed by atoms with E-state index in [1.54, 1.807) is 11.0 Å². The first-order valence-corrected chi connectivity index (χ1v) is 6.14. The Morgan fingerprint density at radius 3 is 2.94 bits per heavy atom. The van der Waals surface area contributed by atoms with E-state index in [0.29, 0.717) is 18.8 Å². The number of carbonyl (C=O) groups excluding carboxylic acids is 1. The Kier molecular flexibility index (Phi) is 3.81. The van der Waals surface area contributed by atoms with Gasteiger partial charge >= 0.3 is 0 Å². The molecule has 1 aromatic carbocycles. The zero-order chi connectivity index (χ0) is 13.1. The summed E-state index contributed by atoms with van der Waals surface area (Å²) in [4.78, 5) is 13.2. The third kappa shape index (κ3) is 2.79. The number of halogens is 1. The second kappa shape index (κ2) is 5.35.